The third-order valence-corrected chi connectivity index (χ3v) is 5.61. The molecule has 0 saturated carbocycles. The second-order valence-electron chi connectivity index (χ2n) is 7.83. The normalized spacial score (nSPS) is 12.3. The van der Waals surface area contributed by atoms with Gasteiger partial charge in [-0.25, -0.2) is 8.91 Å². The van der Waals surface area contributed by atoms with Crippen molar-refractivity contribution in [3.63, 3.8) is 0 Å². The number of benzene rings is 2. The minimum atomic E-state index is -0.336. The fourth-order valence-corrected chi connectivity index (χ4v) is 3.96. The zero-order chi connectivity index (χ0) is 22.4. The Balaban J connectivity index is 1.51. The van der Waals surface area contributed by atoms with Gasteiger partial charge in [0, 0.05) is 35.9 Å². The van der Waals surface area contributed by atoms with E-state index in [4.69, 9.17) is 5.73 Å². The molecule has 5 rings (SSSR count). The fraction of sp³-hybridized carbons (Fsp3) is 0.125. The van der Waals surface area contributed by atoms with Gasteiger partial charge >= 0.3 is 0 Å². The summed E-state index contributed by atoms with van der Waals surface area (Å²) in [6.07, 6.45) is 3.66. The topological polar surface area (TPSA) is 90.2 Å². The highest BCUT2D eigenvalue weighted by Crippen LogP contribution is 2.28. The molecule has 0 bridgehead atoms. The van der Waals surface area contributed by atoms with E-state index in [1.54, 1.807) is 16.6 Å². The Morgan fingerprint density at radius 3 is 2.72 bits per heavy atom. The SMILES string of the molecule is C[C@H](NC(=O)c1cn(C)c2ccc(-c3ccc4nc(N)nn4c3)cc12)c1cccc(F)c1. The van der Waals surface area contributed by atoms with Crippen LogP contribution in [0.15, 0.2) is 67.0 Å². The molecule has 3 N–H and O–H groups in total. The second kappa shape index (κ2) is 7.49. The van der Waals surface area contributed by atoms with E-state index < -0.39 is 0 Å². The number of nitrogens with one attached hydrogen (secondary N) is 1. The van der Waals surface area contributed by atoms with E-state index in [2.05, 4.69) is 15.4 Å². The molecule has 2 aromatic carbocycles. The van der Waals surface area contributed by atoms with Crippen molar-refractivity contribution in [1.82, 2.24) is 24.5 Å². The molecule has 3 heterocycles. The number of rotatable bonds is 4. The van der Waals surface area contributed by atoms with Crippen LogP contribution in [-0.2, 0) is 7.05 Å². The Morgan fingerprint density at radius 1 is 1.09 bits per heavy atom. The Labute approximate surface area is 183 Å². The molecule has 160 valence electrons. The predicted molar refractivity (Wildman–Crippen MR) is 122 cm³/mol. The lowest BCUT2D eigenvalue weighted by molar-refractivity contribution is 0.0941. The molecule has 8 heteroatoms. The highest BCUT2D eigenvalue weighted by molar-refractivity contribution is 6.08. The average molecular weight is 428 g/mol. The van der Waals surface area contributed by atoms with Crippen LogP contribution in [-0.4, -0.2) is 25.1 Å². The smallest absolute Gasteiger partial charge is 0.253 e. The third-order valence-electron chi connectivity index (χ3n) is 5.61. The van der Waals surface area contributed by atoms with Crippen LogP contribution in [0.4, 0.5) is 10.3 Å². The molecule has 0 saturated heterocycles. The van der Waals surface area contributed by atoms with Gasteiger partial charge in [-0.2, -0.15) is 4.98 Å². The monoisotopic (exact) mass is 428 g/mol. The number of hydrogen-bond acceptors (Lipinski definition) is 4. The van der Waals surface area contributed by atoms with E-state index in [-0.39, 0.29) is 23.7 Å². The van der Waals surface area contributed by atoms with E-state index >= 15 is 0 Å². The lowest BCUT2D eigenvalue weighted by atomic mass is 10.0. The maximum Gasteiger partial charge on any atom is 0.253 e. The van der Waals surface area contributed by atoms with E-state index in [0.29, 0.717) is 16.8 Å². The van der Waals surface area contributed by atoms with Crippen molar-refractivity contribution in [2.75, 3.05) is 5.73 Å². The van der Waals surface area contributed by atoms with Gasteiger partial charge < -0.3 is 15.6 Å². The van der Waals surface area contributed by atoms with Crippen molar-refractivity contribution < 1.29 is 9.18 Å². The Bertz CT molecular complexity index is 1480. The second-order valence-corrected chi connectivity index (χ2v) is 7.83. The van der Waals surface area contributed by atoms with Gasteiger partial charge in [-0.3, -0.25) is 4.79 Å². The number of nitrogens with zero attached hydrogens (tertiary/aromatic N) is 4. The van der Waals surface area contributed by atoms with Gasteiger partial charge in [-0.05, 0) is 54.4 Å². The van der Waals surface area contributed by atoms with Gasteiger partial charge in [-0.15, -0.1) is 5.10 Å². The average Bonchev–Trinajstić information content (AvgIpc) is 3.31. The number of fused-ring (bicyclic) bond motifs is 2. The van der Waals surface area contributed by atoms with Crippen molar-refractivity contribution in [3.05, 3.63) is 83.9 Å². The standard InChI is InChI=1S/C24H21FN6O/c1-14(15-4-3-5-18(25)10-15)27-23(32)20-13-30(2)21-8-6-16(11-19(20)21)17-7-9-22-28-24(26)29-31(22)12-17/h3-14H,1-2H3,(H2,26,29)(H,27,32)/t14-/m0/s1. The van der Waals surface area contributed by atoms with Gasteiger partial charge in [0.15, 0.2) is 5.65 Å². The summed E-state index contributed by atoms with van der Waals surface area (Å²) in [5, 5.41) is 7.97. The number of anilines is 1. The van der Waals surface area contributed by atoms with Crippen LogP contribution in [0.2, 0.25) is 0 Å². The molecule has 32 heavy (non-hydrogen) atoms. The molecular formula is C24H21FN6O. The molecular weight excluding hydrogens is 407 g/mol. The number of aromatic nitrogens is 4. The summed E-state index contributed by atoms with van der Waals surface area (Å²) in [4.78, 5) is 17.3. The quantitative estimate of drug-likeness (QED) is 0.451. The van der Waals surface area contributed by atoms with Crippen molar-refractivity contribution in [2.45, 2.75) is 13.0 Å². The summed E-state index contributed by atoms with van der Waals surface area (Å²) >= 11 is 0. The molecule has 0 aliphatic carbocycles. The molecule has 0 radical (unpaired) electrons. The Hall–Kier alpha value is -4.20. The summed E-state index contributed by atoms with van der Waals surface area (Å²) in [5.74, 6) is -0.333. The molecule has 3 aromatic heterocycles. The molecule has 0 aliphatic rings. The van der Waals surface area contributed by atoms with E-state index in [1.807, 2.05) is 61.3 Å². The zero-order valence-electron chi connectivity index (χ0n) is 17.6. The van der Waals surface area contributed by atoms with Crippen LogP contribution in [0.1, 0.15) is 28.9 Å². The fourth-order valence-electron chi connectivity index (χ4n) is 3.96. The molecule has 0 aliphatic heterocycles. The Morgan fingerprint density at radius 2 is 1.91 bits per heavy atom. The minimum Gasteiger partial charge on any atom is -0.366 e. The zero-order valence-corrected chi connectivity index (χ0v) is 17.6. The molecule has 5 aromatic rings. The van der Waals surface area contributed by atoms with Crippen molar-refractivity contribution in [1.29, 1.82) is 0 Å². The van der Waals surface area contributed by atoms with Crippen LogP contribution in [0.5, 0.6) is 0 Å². The van der Waals surface area contributed by atoms with Crippen LogP contribution >= 0.6 is 0 Å². The summed E-state index contributed by atoms with van der Waals surface area (Å²) in [6.45, 7) is 1.84. The maximum absolute atomic E-state index is 13.6. The lowest BCUT2D eigenvalue weighted by Crippen LogP contribution is -2.26. The summed E-state index contributed by atoms with van der Waals surface area (Å²) < 4.78 is 17.1. The molecule has 1 amide bonds. The van der Waals surface area contributed by atoms with Crippen LogP contribution in [0.3, 0.4) is 0 Å². The maximum atomic E-state index is 13.6. The van der Waals surface area contributed by atoms with E-state index in [1.165, 1.54) is 12.1 Å². The van der Waals surface area contributed by atoms with Crippen molar-refractivity contribution >= 4 is 28.4 Å². The molecule has 0 spiro atoms. The number of carbonyl (C=O) groups is 1. The number of pyridine rings is 1. The first-order valence-electron chi connectivity index (χ1n) is 10.2. The van der Waals surface area contributed by atoms with E-state index in [9.17, 15) is 9.18 Å². The summed E-state index contributed by atoms with van der Waals surface area (Å²) in [5.41, 5.74) is 10.4. The van der Waals surface area contributed by atoms with Crippen LogP contribution in [0, 0.1) is 5.82 Å². The van der Waals surface area contributed by atoms with Gasteiger partial charge in [0.05, 0.1) is 11.6 Å². The number of nitrogen functional groups attached to an aromatic ring is 1. The molecule has 7 nitrogen and oxygen atoms in total. The summed E-state index contributed by atoms with van der Waals surface area (Å²) in [6, 6.07) is 15.7. The number of nitrogens with two attached hydrogens (primary N) is 1. The number of amides is 1. The van der Waals surface area contributed by atoms with E-state index in [0.717, 1.165) is 22.0 Å². The number of aryl methyl sites for hydroxylation is 1. The van der Waals surface area contributed by atoms with Gasteiger partial charge in [0.1, 0.15) is 5.82 Å². The van der Waals surface area contributed by atoms with Crippen LogP contribution < -0.4 is 11.1 Å². The number of halogens is 1. The van der Waals surface area contributed by atoms with Gasteiger partial charge in [0.25, 0.3) is 5.91 Å². The summed E-state index contributed by atoms with van der Waals surface area (Å²) in [7, 11) is 1.90. The largest absolute Gasteiger partial charge is 0.366 e. The molecule has 0 unspecified atom stereocenters. The predicted octanol–water partition coefficient (Wildman–Crippen LogP) is 4.10. The highest BCUT2D eigenvalue weighted by Gasteiger charge is 2.18. The van der Waals surface area contributed by atoms with Crippen molar-refractivity contribution in [3.8, 4) is 11.1 Å². The highest BCUT2D eigenvalue weighted by atomic mass is 19.1. The first-order valence-corrected chi connectivity index (χ1v) is 10.2. The molecule has 1 atom stereocenters. The lowest BCUT2D eigenvalue weighted by Gasteiger charge is -2.14. The number of carbonyl (C=O) groups excluding carboxylic acids is 1. The third kappa shape index (κ3) is 3.45. The van der Waals surface area contributed by atoms with Crippen molar-refractivity contribution in [2.24, 2.45) is 7.05 Å². The number of hydrogen-bond donors (Lipinski definition) is 2. The first-order chi connectivity index (χ1) is 15.4. The van der Waals surface area contributed by atoms with Crippen LogP contribution in [0.25, 0.3) is 27.7 Å². The van der Waals surface area contributed by atoms with Gasteiger partial charge in [-0.1, -0.05) is 18.2 Å². The molecule has 0 fully saturated rings. The van der Waals surface area contributed by atoms with Gasteiger partial charge in [0.2, 0.25) is 5.95 Å². The first kappa shape index (κ1) is 19.7. The Kier molecular flexibility index (Phi) is 4.62. The minimum absolute atomic E-state index is 0.215.